The van der Waals surface area contributed by atoms with Gasteiger partial charge in [-0.15, -0.1) is 0 Å². The smallest absolute Gasteiger partial charge is 0.408 e. The Labute approximate surface area is 225 Å². The van der Waals surface area contributed by atoms with E-state index in [1.54, 1.807) is 60.7 Å². The molecule has 1 saturated heterocycles. The number of ether oxygens (including phenoxy) is 1. The number of aliphatic hydroxyl groups is 1. The van der Waals surface area contributed by atoms with Gasteiger partial charge in [-0.3, -0.25) is 19.2 Å². The van der Waals surface area contributed by atoms with Gasteiger partial charge in [0.25, 0.3) is 5.91 Å². The van der Waals surface area contributed by atoms with Crippen molar-refractivity contribution in [2.45, 2.75) is 56.5 Å². The topological polar surface area (TPSA) is 194 Å². The molecular formula is C27H33N5O7. The molecule has 0 radical (unpaired) electrons. The van der Waals surface area contributed by atoms with Crippen LogP contribution in [0.15, 0.2) is 60.7 Å². The summed E-state index contributed by atoms with van der Waals surface area (Å²) in [5.41, 5.74) is 12.1. The molecule has 5 amide bonds. The fourth-order valence-corrected chi connectivity index (χ4v) is 4.38. The van der Waals surface area contributed by atoms with Crippen molar-refractivity contribution < 1.29 is 33.8 Å². The minimum Gasteiger partial charge on any atom is -0.445 e. The lowest BCUT2D eigenvalue weighted by atomic mass is 9.99. The van der Waals surface area contributed by atoms with Crippen molar-refractivity contribution in [1.82, 2.24) is 15.5 Å². The summed E-state index contributed by atoms with van der Waals surface area (Å²) in [6.07, 6.45) is -2.30. The van der Waals surface area contributed by atoms with Gasteiger partial charge >= 0.3 is 6.09 Å². The zero-order valence-corrected chi connectivity index (χ0v) is 21.3. The summed E-state index contributed by atoms with van der Waals surface area (Å²) in [5.74, 6) is -3.17. The largest absolute Gasteiger partial charge is 0.445 e. The molecular weight excluding hydrogens is 506 g/mol. The van der Waals surface area contributed by atoms with Crippen molar-refractivity contribution in [2.75, 3.05) is 6.54 Å². The molecule has 1 heterocycles. The Morgan fingerprint density at radius 2 is 1.56 bits per heavy atom. The number of benzene rings is 2. The molecule has 2 aromatic rings. The molecule has 2 aromatic carbocycles. The highest BCUT2D eigenvalue weighted by molar-refractivity contribution is 5.92. The van der Waals surface area contributed by atoms with Crippen LogP contribution in [-0.4, -0.2) is 70.5 Å². The number of likely N-dealkylation sites (tertiary alicyclic amines) is 1. The van der Waals surface area contributed by atoms with Gasteiger partial charge in [0.05, 0.1) is 12.5 Å². The van der Waals surface area contributed by atoms with Crippen LogP contribution >= 0.6 is 0 Å². The number of primary amides is 2. The Morgan fingerprint density at radius 1 is 0.949 bits per heavy atom. The zero-order chi connectivity index (χ0) is 28.4. The predicted molar refractivity (Wildman–Crippen MR) is 139 cm³/mol. The first-order valence-electron chi connectivity index (χ1n) is 12.5. The van der Waals surface area contributed by atoms with Crippen molar-refractivity contribution in [3.05, 3.63) is 71.8 Å². The lowest BCUT2D eigenvalue weighted by molar-refractivity contribution is -0.146. The van der Waals surface area contributed by atoms with Gasteiger partial charge < -0.3 is 36.8 Å². The summed E-state index contributed by atoms with van der Waals surface area (Å²) in [7, 11) is 0. The van der Waals surface area contributed by atoms with E-state index in [0.29, 0.717) is 24.0 Å². The summed E-state index contributed by atoms with van der Waals surface area (Å²) >= 11 is 0. The van der Waals surface area contributed by atoms with Gasteiger partial charge in [0.15, 0.2) is 6.10 Å². The number of nitrogens with one attached hydrogen (secondary N) is 2. The molecule has 1 aliphatic rings. The van der Waals surface area contributed by atoms with E-state index in [9.17, 15) is 29.1 Å². The molecule has 7 N–H and O–H groups in total. The summed E-state index contributed by atoms with van der Waals surface area (Å²) in [5, 5.41) is 15.9. The van der Waals surface area contributed by atoms with E-state index < -0.39 is 60.4 Å². The summed E-state index contributed by atoms with van der Waals surface area (Å²) in [6.45, 7) is 0.160. The third kappa shape index (κ3) is 8.54. The molecule has 1 fully saturated rings. The normalized spacial score (nSPS) is 16.9. The van der Waals surface area contributed by atoms with Gasteiger partial charge in [-0.25, -0.2) is 4.79 Å². The second-order valence-corrected chi connectivity index (χ2v) is 9.27. The van der Waals surface area contributed by atoms with E-state index in [-0.39, 0.29) is 19.6 Å². The van der Waals surface area contributed by atoms with E-state index in [0.717, 1.165) is 0 Å². The number of carbonyl (C=O) groups excluding carboxylic acids is 5. The number of hydrogen-bond donors (Lipinski definition) is 5. The number of alkyl carbamates (subject to hydrolysis) is 1. The van der Waals surface area contributed by atoms with E-state index in [1.165, 1.54) is 4.90 Å². The number of nitrogens with two attached hydrogens (primary N) is 2. The molecule has 12 heteroatoms. The Bertz CT molecular complexity index is 1160. The maximum atomic E-state index is 13.2. The van der Waals surface area contributed by atoms with Crippen LogP contribution in [0.4, 0.5) is 4.79 Å². The zero-order valence-electron chi connectivity index (χ0n) is 21.3. The second-order valence-electron chi connectivity index (χ2n) is 9.27. The monoisotopic (exact) mass is 539 g/mol. The first-order valence-corrected chi connectivity index (χ1v) is 12.5. The van der Waals surface area contributed by atoms with Gasteiger partial charge in [-0.2, -0.15) is 0 Å². The van der Waals surface area contributed by atoms with E-state index in [4.69, 9.17) is 16.2 Å². The average Bonchev–Trinajstić information content (AvgIpc) is 3.42. The van der Waals surface area contributed by atoms with Gasteiger partial charge in [0.2, 0.25) is 17.7 Å². The molecule has 0 aromatic heterocycles. The standard InChI is InChI=1S/C27H33N5O7/c28-22(33)15-20(31-27(38)39-16-18-10-5-2-6-11-18)25(36)30-19(14-17-8-3-1-4-9-17)23(34)26(37)32-13-7-12-21(32)24(29)35/h1-6,8-11,19-21,23,34H,7,12-16H2,(H2,28,33)(H2,29,35)(H,30,36)(H,31,38). The van der Waals surface area contributed by atoms with Crippen LogP contribution < -0.4 is 22.1 Å². The fraction of sp³-hybridized carbons (Fsp3) is 0.370. The van der Waals surface area contributed by atoms with Crippen molar-refractivity contribution in [2.24, 2.45) is 11.5 Å². The third-order valence-electron chi connectivity index (χ3n) is 6.35. The first-order chi connectivity index (χ1) is 18.7. The summed E-state index contributed by atoms with van der Waals surface area (Å²) in [6, 6.07) is 14.2. The lowest BCUT2D eigenvalue weighted by Gasteiger charge is -2.30. The van der Waals surface area contributed by atoms with Gasteiger partial charge in [0, 0.05) is 6.54 Å². The molecule has 4 unspecified atom stereocenters. The van der Waals surface area contributed by atoms with Gasteiger partial charge in [0.1, 0.15) is 18.7 Å². The van der Waals surface area contributed by atoms with Crippen LogP contribution in [0.1, 0.15) is 30.4 Å². The van der Waals surface area contributed by atoms with Crippen LogP contribution in [0.2, 0.25) is 0 Å². The van der Waals surface area contributed by atoms with Crippen molar-refractivity contribution in [3.8, 4) is 0 Å². The highest BCUT2D eigenvalue weighted by atomic mass is 16.5. The Hall–Kier alpha value is -4.45. The minimum absolute atomic E-state index is 0.0380. The predicted octanol–water partition coefficient (Wildman–Crippen LogP) is -0.278. The molecule has 1 aliphatic heterocycles. The van der Waals surface area contributed by atoms with Crippen LogP contribution in [-0.2, 0) is 36.9 Å². The van der Waals surface area contributed by atoms with Crippen LogP contribution in [0.3, 0.4) is 0 Å². The molecule has 0 aliphatic carbocycles. The van der Waals surface area contributed by atoms with E-state index >= 15 is 0 Å². The number of hydrogen-bond acceptors (Lipinski definition) is 7. The molecule has 0 spiro atoms. The number of carbonyl (C=O) groups is 5. The highest BCUT2D eigenvalue weighted by Gasteiger charge is 2.39. The van der Waals surface area contributed by atoms with Gasteiger partial charge in [-0.05, 0) is 30.4 Å². The molecule has 208 valence electrons. The summed E-state index contributed by atoms with van der Waals surface area (Å²) in [4.78, 5) is 63.4. The number of rotatable bonds is 12. The molecule has 4 atom stereocenters. The quantitative estimate of drug-likeness (QED) is 0.245. The van der Waals surface area contributed by atoms with Crippen molar-refractivity contribution in [1.29, 1.82) is 0 Å². The lowest BCUT2D eigenvalue weighted by Crippen LogP contribution is -2.58. The molecule has 0 bridgehead atoms. The van der Waals surface area contributed by atoms with Crippen molar-refractivity contribution in [3.63, 3.8) is 0 Å². The van der Waals surface area contributed by atoms with Crippen LogP contribution in [0, 0.1) is 0 Å². The minimum atomic E-state index is -1.74. The summed E-state index contributed by atoms with van der Waals surface area (Å²) < 4.78 is 5.14. The molecule has 12 nitrogen and oxygen atoms in total. The number of aliphatic hydroxyl groups excluding tert-OH is 1. The van der Waals surface area contributed by atoms with Crippen LogP contribution in [0.25, 0.3) is 0 Å². The van der Waals surface area contributed by atoms with Crippen LogP contribution in [0.5, 0.6) is 0 Å². The second kappa shape index (κ2) is 13.9. The van der Waals surface area contributed by atoms with E-state index in [2.05, 4.69) is 10.6 Å². The molecule has 0 saturated carbocycles. The first kappa shape index (κ1) is 29.1. The number of nitrogens with zero attached hydrogens (tertiary/aromatic N) is 1. The van der Waals surface area contributed by atoms with Gasteiger partial charge in [-0.1, -0.05) is 60.7 Å². The Balaban J connectivity index is 1.74. The SMILES string of the molecule is NC(=O)CC(NC(=O)OCc1ccccc1)C(=O)NC(Cc1ccccc1)C(O)C(=O)N1CCCC1C(N)=O. The molecule has 39 heavy (non-hydrogen) atoms. The highest BCUT2D eigenvalue weighted by Crippen LogP contribution is 2.20. The Morgan fingerprint density at radius 3 is 2.15 bits per heavy atom. The molecule has 3 rings (SSSR count). The van der Waals surface area contributed by atoms with E-state index in [1.807, 2.05) is 0 Å². The average molecular weight is 540 g/mol. The number of amides is 5. The fourth-order valence-electron chi connectivity index (χ4n) is 4.38. The Kier molecular flexibility index (Phi) is 10.4. The third-order valence-corrected chi connectivity index (χ3v) is 6.35. The maximum absolute atomic E-state index is 13.2. The maximum Gasteiger partial charge on any atom is 0.408 e. The van der Waals surface area contributed by atoms with Crippen molar-refractivity contribution >= 4 is 29.7 Å².